The summed E-state index contributed by atoms with van der Waals surface area (Å²) in [6.07, 6.45) is 0.102. The van der Waals surface area contributed by atoms with Gasteiger partial charge >= 0.3 is 0 Å². The third-order valence-corrected chi connectivity index (χ3v) is 0.618. The normalized spacial score (nSPS) is 7.56. The molecule has 0 atom stereocenters. The van der Waals surface area contributed by atoms with Crippen LogP contribution in [0.15, 0.2) is 0 Å². The van der Waals surface area contributed by atoms with Gasteiger partial charge in [-0.1, -0.05) is 0 Å². The quantitative estimate of drug-likeness (QED) is 0.553. The van der Waals surface area contributed by atoms with Gasteiger partial charge in [-0.25, -0.2) is 0 Å². The molecule has 0 aromatic heterocycles. The minimum Gasteiger partial charge on any atom is -0.370 e. The number of primary amides is 2. The van der Waals surface area contributed by atoms with E-state index in [0.717, 1.165) is 0 Å². The Morgan fingerprint density at radius 1 is 1.00 bits per heavy atom. The topological polar surface area (TPSA) is 86.2 Å². The maximum Gasteiger partial charge on any atom is 0.217 e. The molecule has 0 aliphatic rings. The summed E-state index contributed by atoms with van der Waals surface area (Å²) in [5.41, 5.74) is 9.39. The molecule has 0 unspecified atom stereocenters. The molecule has 0 spiro atoms. The third kappa shape index (κ3) is 11.1. The maximum absolute atomic E-state index is 9.92. The van der Waals surface area contributed by atoms with Gasteiger partial charge in [0, 0.05) is 12.8 Å². The molecule has 0 aliphatic heterocycles. The van der Waals surface area contributed by atoms with Crippen LogP contribution in [0.5, 0.6) is 0 Å². The number of hydrogen-bond acceptors (Lipinski definition) is 2. The molecule has 2 amide bonds. The van der Waals surface area contributed by atoms with Crippen molar-refractivity contribution in [1.29, 1.82) is 0 Å². The van der Waals surface area contributed by atoms with E-state index >= 15 is 0 Å². The number of amides is 2. The predicted molar refractivity (Wildman–Crippen MR) is 34.9 cm³/mol. The van der Waals surface area contributed by atoms with Gasteiger partial charge in [-0.05, 0) is 0 Å². The third-order valence-electron chi connectivity index (χ3n) is 0.618. The Labute approximate surface area is 59.0 Å². The zero-order chi connectivity index (χ0) is 6.57. The van der Waals surface area contributed by atoms with Crippen molar-refractivity contribution in [2.24, 2.45) is 11.5 Å². The van der Waals surface area contributed by atoms with E-state index in [-0.39, 0.29) is 25.2 Å². The van der Waals surface area contributed by atoms with Crippen molar-refractivity contribution in [3.8, 4) is 0 Å². The van der Waals surface area contributed by atoms with Crippen LogP contribution in [0.1, 0.15) is 12.8 Å². The number of hydrogen-bond donors (Lipinski definition) is 2. The van der Waals surface area contributed by atoms with Gasteiger partial charge in [0.2, 0.25) is 11.8 Å². The first-order chi connectivity index (χ1) is 3.63. The summed E-state index contributed by atoms with van der Waals surface area (Å²) in [7, 11) is 0. The molecular weight excluding hydrogens is 144 g/mol. The number of halogens is 1. The van der Waals surface area contributed by atoms with Crippen LogP contribution in [-0.4, -0.2) is 11.8 Å². The average molecular weight is 153 g/mol. The van der Waals surface area contributed by atoms with Crippen molar-refractivity contribution < 1.29 is 9.59 Å². The van der Waals surface area contributed by atoms with Crippen LogP contribution in [0.25, 0.3) is 0 Å². The van der Waals surface area contributed by atoms with Gasteiger partial charge in [0.25, 0.3) is 0 Å². The fourth-order valence-electron chi connectivity index (χ4n) is 0.246. The molecule has 5 heteroatoms. The molecular formula is C4H9ClN2O2. The summed E-state index contributed by atoms with van der Waals surface area (Å²) < 4.78 is 0. The van der Waals surface area contributed by atoms with Crippen LogP contribution in [0.3, 0.4) is 0 Å². The van der Waals surface area contributed by atoms with Gasteiger partial charge in [-0.15, -0.1) is 12.4 Å². The highest BCUT2D eigenvalue weighted by Crippen LogP contribution is 1.82. The van der Waals surface area contributed by atoms with Crippen molar-refractivity contribution in [3.05, 3.63) is 0 Å². The second-order valence-corrected chi connectivity index (χ2v) is 1.43. The molecule has 0 aliphatic carbocycles. The largest absolute Gasteiger partial charge is 0.370 e. The molecule has 4 N–H and O–H groups in total. The molecule has 0 rings (SSSR count). The first kappa shape index (κ1) is 11.1. The second-order valence-electron chi connectivity index (χ2n) is 1.43. The summed E-state index contributed by atoms with van der Waals surface area (Å²) in [5, 5.41) is 0. The Kier molecular flexibility index (Phi) is 6.61. The van der Waals surface area contributed by atoms with Gasteiger partial charge < -0.3 is 11.5 Å². The predicted octanol–water partition coefficient (Wildman–Crippen LogP) is -0.841. The lowest BCUT2D eigenvalue weighted by atomic mass is 10.3. The van der Waals surface area contributed by atoms with Crippen LogP contribution in [0, 0.1) is 0 Å². The lowest BCUT2D eigenvalue weighted by molar-refractivity contribution is -0.123. The number of carbonyl (C=O) groups is 2. The van der Waals surface area contributed by atoms with Crippen molar-refractivity contribution in [3.63, 3.8) is 0 Å². The molecule has 54 valence electrons. The minimum absolute atomic E-state index is 0. The molecule has 4 nitrogen and oxygen atoms in total. The zero-order valence-electron chi connectivity index (χ0n) is 4.79. The summed E-state index contributed by atoms with van der Waals surface area (Å²) >= 11 is 0. The van der Waals surface area contributed by atoms with Gasteiger partial charge in [-0.2, -0.15) is 0 Å². The Morgan fingerprint density at radius 3 is 1.33 bits per heavy atom. The van der Waals surface area contributed by atoms with Crippen LogP contribution >= 0.6 is 12.4 Å². The minimum atomic E-state index is -0.496. The highest BCUT2D eigenvalue weighted by atomic mass is 35.5. The monoisotopic (exact) mass is 152 g/mol. The zero-order valence-corrected chi connectivity index (χ0v) is 5.61. The summed E-state index contributed by atoms with van der Waals surface area (Å²) in [4.78, 5) is 19.8. The fourth-order valence-corrected chi connectivity index (χ4v) is 0.246. The molecule has 0 bridgehead atoms. The molecule has 0 saturated heterocycles. The van der Waals surface area contributed by atoms with Gasteiger partial charge in [-0.3, -0.25) is 9.59 Å². The highest BCUT2D eigenvalue weighted by molar-refractivity contribution is 5.85. The van der Waals surface area contributed by atoms with Crippen molar-refractivity contribution in [1.82, 2.24) is 0 Å². The van der Waals surface area contributed by atoms with Crippen LogP contribution in [-0.2, 0) is 9.59 Å². The number of rotatable bonds is 3. The molecule has 0 radical (unpaired) electrons. The lowest BCUT2D eigenvalue weighted by Crippen LogP contribution is -2.16. The second kappa shape index (κ2) is 5.37. The van der Waals surface area contributed by atoms with Gasteiger partial charge in [0.05, 0.1) is 0 Å². The first-order valence-electron chi connectivity index (χ1n) is 2.19. The van der Waals surface area contributed by atoms with E-state index in [1.807, 2.05) is 0 Å². The fraction of sp³-hybridized carbons (Fsp3) is 0.500. The smallest absolute Gasteiger partial charge is 0.217 e. The Bertz CT molecular complexity index is 101. The number of nitrogens with two attached hydrogens (primary N) is 2. The van der Waals surface area contributed by atoms with Crippen molar-refractivity contribution in [2.75, 3.05) is 0 Å². The van der Waals surface area contributed by atoms with E-state index in [4.69, 9.17) is 11.5 Å². The van der Waals surface area contributed by atoms with Gasteiger partial charge in [0.1, 0.15) is 0 Å². The van der Waals surface area contributed by atoms with E-state index in [9.17, 15) is 9.59 Å². The Balaban J connectivity index is 0. The van der Waals surface area contributed by atoms with Gasteiger partial charge in [0.15, 0.2) is 0 Å². The summed E-state index contributed by atoms with van der Waals surface area (Å²) in [6, 6.07) is 0. The van der Waals surface area contributed by atoms with E-state index in [1.54, 1.807) is 0 Å². The Morgan fingerprint density at radius 2 is 1.22 bits per heavy atom. The average Bonchev–Trinajstić information content (AvgIpc) is 1.61. The molecule has 0 saturated carbocycles. The highest BCUT2D eigenvalue weighted by Gasteiger charge is 1.96. The van der Waals surface area contributed by atoms with E-state index in [0.29, 0.717) is 0 Å². The Hall–Kier alpha value is -0.770. The molecule has 0 heterocycles. The first-order valence-corrected chi connectivity index (χ1v) is 2.19. The lowest BCUT2D eigenvalue weighted by Gasteiger charge is -1.87. The standard InChI is InChI=1S/C4H8N2O2.ClH/c5-3(7)1-2-4(6)8;/h1-2H2,(H2,5,7)(H2,6,8);1H. The summed E-state index contributed by atoms with van der Waals surface area (Å²) in [5.74, 6) is -0.993. The van der Waals surface area contributed by atoms with E-state index in [1.165, 1.54) is 0 Å². The van der Waals surface area contributed by atoms with Crippen molar-refractivity contribution >= 4 is 24.2 Å². The van der Waals surface area contributed by atoms with E-state index in [2.05, 4.69) is 0 Å². The molecule has 0 aromatic rings. The van der Waals surface area contributed by atoms with Crippen molar-refractivity contribution in [2.45, 2.75) is 12.8 Å². The van der Waals surface area contributed by atoms with E-state index < -0.39 is 11.8 Å². The SMILES string of the molecule is Cl.NC(=O)CCC(N)=O. The van der Waals surface area contributed by atoms with Crippen LogP contribution in [0.4, 0.5) is 0 Å². The molecule has 0 fully saturated rings. The van der Waals surface area contributed by atoms with Crippen LogP contribution in [0.2, 0.25) is 0 Å². The molecule has 0 aromatic carbocycles. The maximum atomic E-state index is 9.92. The van der Waals surface area contributed by atoms with Crippen LogP contribution < -0.4 is 11.5 Å². The summed E-state index contributed by atoms with van der Waals surface area (Å²) in [6.45, 7) is 0. The number of carbonyl (C=O) groups excluding carboxylic acids is 2. The molecule has 9 heavy (non-hydrogen) atoms.